The first-order valence-electron chi connectivity index (χ1n) is 5.70. The Morgan fingerprint density at radius 3 is 2.84 bits per heavy atom. The van der Waals surface area contributed by atoms with Crippen molar-refractivity contribution in [3.05, 3.63) is 45.8 Å². The number of halogens is 1. The number of rotatable bonds is 3. The van der Waals surface area contributed by atoms with Gasteiger partial charge in [-0.25, -0.2) is 0 Å². The first-order valence-corrected chi connectivity index (χ1v) is 6.49. The lowest BCUT2D eigenvalue weighted by Gasteiger charge is -2.16. The zero-order chi connectivity index (χ0) is 14.0. The van der Waals surface area contributed by atoms with Gasteiger partial charge in [0, 0.05) is 23.3 Å². The second-order valence-electron chi connectivity index (χ2n) is 4.32. The van der Waals surface area contributed by atoms with E-state index in [4.69, 9.17) is 10.3 Å². The van der Waals surface area contributed by atoms with Gasteiger partial charge in [0.1, 0.15) is 11.5 Å². The molecule has 1 aromatic carbocycles. The fourth-order valence-corrected chi connectivity index (χ4v) is 2.09. The summed E-state index contributed by atoms with van der Waals surface area (Å²) in [5, 5.41) is 3.86. The highest BCUT2D eigenvalue weighted by Gasteiger charge is 2.16. The Morgan fingerprint density at radius 1 is 1.47 bits per heavy atom. The molecule has 19 heavy (non-hydrogen) atoms. The Hall–Kier alpha value is -1.82. The molecule has 0 atom stereocenters. The summed E-state index contributed by atoms with van der Waals surface area (Å²) in [6.07, 6.45) is 0. The van der Waals surface area contributed by atoms with Gasteiger partial charge in [-0.15, -0.1) is 0 Å². The second-order valence-corrected chi connectivity index (χ2v) is 5.24. The maximum Gasteiger partial charge on any atom is 0.256 e. The summed E-state index contributed by atoms with van der Waals surface area (Å²) in [5.41, 5.74) is 7.46. The summed E-state index contributed by atoms with van der Waals surface area (Å²) in [6, 6.07) is 7.01. The molecule has 6 heteroatoms. The van der Waals surface area contributed by atoms with E-state index in [1.807, 2.05) is 6.92 Å². The number of nitrogen functional groups attached to an aromatic ring is 1. The second kappa shape index (κ2) is 5.44. The molecule has 0 aliphatic rings. The fourth-order valence-electron chi connectivity index (χ4n) is 1.73. The van der Waals surface area contributed by atoms with E-state index in [1.54, 1.807) is 36.2 Å². The van der Waals surface area contributed by atoms with Crippen LogP contribution in [0.4, 0.5) is 5.69 Å². The van der Waals surface area contributed by atoms with Crippen LogP contribution in [0, 0.1) is 6.92 Å². The van der Waals surface area contributed by atoms with Crippen LogP contribution in [0.1, 0.15) is 21.8 Å². The summed E-state index contributed by atoms with van der Waals surface area (Å²) in [6.45, 7) is 2.19. The molecular weight excluding hydrogens is 310 g/mol. The first kappa shape index (κ1) is 13.6. The number of anilines is 1. The van der Waals surface area contributed by atoms with Gasteiger partial charge in [0.2, 0.25) is 0 Å². The maximum atomic E-state index is 12.3. The highest BCUT2D eigenvalue weighted by molar-refractivity contribution is 9.10. The van der Waals surface area contributed by atoms with Crippen molar-refractivity contribution < 1.29 is 9.32 Å². The van der Waals surface area contributed by atoms with E-state index in [2.05, 4.69) is 21.1 Å². The molecule has 2 aromatic rings. The predicted octanol–water partition coefficient (Wildman–Crippen LogP) is 2.60. The number of amides is 1. The van der Waals surface area contributed by atoms with Gasteiger partial charge in [-0.1, -0.05) is 21.1 Å². The molecule has 0 spiro atoms. The van der Waals surface area contributed by atoms with Crippen molar-refractivity contribution in [3.63, 3.8) is 0 Å². The normalized spacial score (nSPS) is 10.5. The molecule has 100 valence electrons. The molecule has 5 nitrogen and oxygen atoms in total. The molecule has 1 aromatic heterocycles. The van der Waals surface area contributed by atoms with Gasteiger partial charge in [0.05, 0.1) is 12.1 Å². The van der Waals surface area contributed by atoms with Crippen LogP contribution in [0.25, 0.3) is 0 Å². The first-order chi connectivity index (χ1) is 8.97. The Bertz CT molecular complexity index is 610. The fraction of sp³-hybridized carbons (Fsp3) is 0.231. The quantitative estimate of drug-likeness (QED) is 0.881. The van der Waals surface area contributed by atoms with Crippen molar-refractivity contribution >= 4 is 27.5 Å². The zero-order valence-corrected chi connectivity index (χ0v) is 12.3. The van der Waals surface area contributed by atoms with Crippen molar-refractivity contribution in [1.82, 2.24) is 10.1 Å². The third kappa shape index (κ3) is 3.14. The topological polar surface area (TPSA) is 72.4 Å². The number of aryl methyl sites for hydroxylation is 1. The summed E-state index contributed by atoms with van der Waals surface area (Å²) in [7, 11) is 1.70. The molecule has 0 radical (unpaired) electrons. The van der Waals surface area contributed by atoms with E-state index < -0.39 is 0 Å². The van der Waals surface area contributed by atoms with Crippen molar-refractivity contribution in [2.75, 3.05) is 12.8 Å². The lowest BCUT2D eigenvalue weighted by Crippen LogP contribution is -2.27. The lowest BCUT2D eigenvalue weighted by atomic mass is 10.1. The molecule has 0 bridgehead atoms. The van der Waals surface area contributed by atoms with Crippen LogP contribution in [0.2, 0.25) is 0 Å². The summed E-state index contributed by atoms with van der Waals surface area (Å²) < 4.78 is 5.79. The Kier molecular flexibility index (Phi) is 3.90. The maximum absolute atomic E-state index is 12.3. The third-order valence-corrected chi connectivity index (χ3v) is 3.16. The van der Waals surface area contributed by atoms with Gasteiger partial charge < -0.3 is 15.2 Å². The van der Waals surface area contributed by atoms with Crippen LogP contribution in [0.5, 0.6) is 0 Å². The molecule has 1 heterocycles. The minimum absolute atomic E-state index is 0.153. The van der Waals surface area contributed by atoms with Gasteiger partial charge in [-0.3, -0.25) is 4.79 Å². The molecule has 0 saturated carbocycles. The Labute approximate surface area is 119 Å². The molecule has 0 unspecified atom stereocenters. The van der Waals surface area contributed by atoms with Crippen molar-refractivity contribution in [2.45, 2.75) is 13.5 Å². The molecular formula is C13H14BrN3O2. The van der Waals surface area contributed by atoms with Crippen LogP contribution >= 0.6 is 15.9 Å². The van der Waals surface area contributed by atoms with Crippen LogP contribution in [0.15, 0.2) is 33.3 Å². The van der Waals surface area contributed by atoms with Crippen molar-refractivity contribution in [1.29, 1.82) is 0 Å². The number of nitrogens with two attached hydrogens (primary N) is 1. The van der Waals surface area contributed by atoms with Crippen molar-refractivity contribution in [2.24, 2.45) is 0 Å². The number of carbonyl (C=O) groups excluding carboxylic acids is 1. The minimum atomic E-state index is -0.153. The van der Waals surface area contributed by atoms with Crippen LogP contribution in [0.3, 0.4) is 0 Å². The summed E-state index contributed by atoms with van der Waals surface area (Å²) in [5.74, 6) is 0.567. The number of carbonyl (C=O) groups is 1. The number of hydrogen-bond donors (Lipinski definition) is 1. The number of nitrogens with zero attached hydrogens (tertiary/aromatic N) is 2. The number of hydrogen-bond acceptors (Lipinski definition) is 4. The standard InChI is InChI=1S/C13H14BrN3O2/c1-8-5-10(16-19-8)7-17(2)13(18)11-6-9(14)3-4-12(11)15/h3-6H,7,15H2,1-2H3. The number of aromatic nitrogens is 1. The lowest BCUT2D eigenvalue weighted by molar-refractivity contribution is 0.0783. The van der Waals surface area contributed by atoms with E-state index in [-0.39, 0.29) is 5.91 Å². The van der Waals surface area contributed by atoms with E-state index in [9.17, 15) is 4.79 Å². The van der Waals surface area contributed by atoms with E-state index in [0.29, 0.717) is 23.5 Å². The molecule has 1 amide bonds. The third-order valence-electron chi connectivity index (χ3n) is 2.67. The van der Waals surface area contributed by atoms with Gasteiger partial charge in [0.15, 0.2) is 0 Å². The number of benzene rings is 1. The minimum Gasteiger partial charge on any atom is -0.398 e. The Balaban J connectivity index is 2.16. The molecule has 2 N–H and O–H groups in total. The van der Waals surface area contributed by atoms with Crippen LogP contribution in [-0.4, -0.2) is 23.0 Å². The van der Waals surface area contributed by atoms with Gasteiger partial charge in [0.25, 0.3) is 5.91 Å². The molecule has 2 rings (SSSR count). The molecule has 0 fully saturated rings. The SMILES string of the molecule is Cc1cc(CN(C)C(=O)c2cc(Br)ccc2N)no1. The van der Waals surface area contributed by atoms with E-state index in [1.165, 1.54) is 0 Å². The predicted molar refractivity (Wildman–Crippen MR) is 75.6 cm³/mol. The van der Waals surface area contributed by atoms with Crippen LogP contribution < -0.4 is 5.73 Å². The van der Waals surface area contributed by atoms with Crippen LogP contribution in [-0.2, 0) is 6.54 Å². The van der Waals surface area contributed by atoms with E-state index in [0.717, 1.165) is 10.2 Å². The largest absolute Gasteiger partial charge is 0.398 e. The smallest absolute Gasteiger partial charge is 0.256 e. The average molecular weight is 324 g/mol. The highest BCUT2D eigenvalue weighted by atomic mass is 79.9. The molecule has 0 aliphatic heterocycles. The van der Waals surface area contributed by atoms with E-state index >= 15 is 0 Å². The van der Waals surface area contributed by atoms with Crippen molar-refractivity contribution in [3.8, 4) is 0 Å². The average Bonchev–Trinajstić information content (AvgIpc) is 2.77. The molecule has 0 aliphatic carbocycles. The van der Waals surface area contributed by atoms with Gasteiger partial charge in [-0.2, -0.15) is 0 Å². The van der Waals surface area contributed by atoms with Gasteiger partial charge >= 0.3 is 0 Å². The summed E-state index contributed by atoms with van der Waals surface area (Å²) >= 11 is 3.33. The zero-order valence-electron chi connectivity index (χ0n) is 10.7. The summed E-state index contributed by atoms with van der Waals surface area (Å²) in [4.78, 5) is 13.8. The highest BCUT2D eigenvalue weighted by Crippen LogP contribution is 2.20. The van der Waals surface area contributed by atoms with Gasteiger partial charge in [-0.05, 0) is 25.1 Å². The monoisotopic (exact) mass is 323 g/mol. The Morgan fingerprint density at radius 2 is 2.21 bits per heavy atom. The molecule has 0 saturated heterocycles.